The van der Waals surface area contributed by atoms with Gasteiger partial charge in [0, 0.05) is 18.4 Å². The van der Waals surface area contributed by atoms with Crippen LogP contribution >= 0.6 is 0 Å². The van der Waals surface area contributed by atoms with Crippen LogP contribution in [0.3, 0.4) is 0 Å². The summed E-state index contributed by atoms with van der Waals surface area (Å²) in [4.78, 5) is 0.240. The Labute approximate surface area is 164 Å². The minimum atomic E-state index is -3.70. The molecule has 0 saturated heterocycles. The molecule has 1 aliphatic rings. The minimum absolute atomic E-state index is 0.115. The van der Waals surface area contributed by atoms with Crippen molar-refractivity contribution in [2.75, 3.05) is 0 Å². The van der Waals surface area contributed by atoms with Crippen LogP contribution in [0, 0.1) is 6.92 Å². The quantitative estimate of drug-likeness (QED) is 0.686. The summed E-state index contributed by atoms with van der Waals surface area (Å²) in [6, 6.07) is 7.42. The van der Waals surface area contributed by atoms with E-state index in [-0.39, 0.29) is 11.4 Å². The fourth-order valence-corrected chi connectivity index (χ4v) is 4.98. The zero-order valence-electron chi connectivity index (χ0n) is 15.8. The third-order valence-corrected chi connectivity index (χ3v) is 6.81. The van der Waals surface area contributed by atoms with Crippen molar-refractivity contribution >= 4 is 10.0 Å². The van der Waals surface area contributed by atoms with Crippen molar-refractivity contribution in [1.82, 2.24) is 29.3 Å². The Morgan fingerprint density at radius 3 is 2.79 bits per heavy atom. The third kappa shape index (κ3) is 3.85. The predicted octanol–water partition coefficient (Wildman–Crippen LogP) is 2.76. The molecule has 1 fully saturated rings. The van der Waals surface area contributed by atoms with Gasteiger partial charge in [-0.15, -0.1) is 10.2 Å². The fourth-order valence-electron chi connectivity index (χ4n) is 3.74. The van der Waals surface area contributed by atoms with Gasteiger partial charge in [-0.1, -0.05) is 25.3 Å². The van der Waals surface area contributed by atoms with E-state index in [1.54, 1.807) is 48.5 Å². The average molecular weight is 401 g/mol. The lowest BCUT2D eigenvalue weighted by Gasteiger charge is -2.24. The average Bonchev–Trinajstić information content (AvgIpc) is 3.39. The van der Waals surface area contributed by atoms with Crippen molar-refractivity contribution in [3.05, 3.63) is 54.4 Å². The van der Waals surface area contributed by atoms with Crippen LogP contribution in [0.5, 0.6) is 0 Å². The first-order chi connectivity index (χ1) is 13.5. The summed E-state index contributed by atoms with van der Waals surface area (Å²) in [6.07, 6.45) is 11.0. The Bertz CT molecular complexity index is 1040. The molecule has 9 heteroatoms. The topological polar surface area (TPSA) is 94.7 Å². The number of rotatable bonds is 6. The standard InChI is InChI=1S/C19H24N6O2S/c1-15-8-9-17(25-11-5-10-21-25)12-18(15)28(26,27)22-13-19-23-20-14-24(19)16-6-3-2-4-7-16/h5,8-12,14,16,22H,2-4,6-7,13H2,1H3. The molecule has 2 aromatic heterocycles. The Kier molecular flexibility index (Phi) is 5.27. The molecule has 0 unspecified atom stereocenters. The van der Waals surface area contributed by atoms with Crippen LogP contribution in [-0.2, 0) is 16.6 Å². The first-order valence-electron chi connectivity index (χ1n) is 9.53. The van der Waals surface area contributed by atoms with E-state index >= 15 is 0 Å². The van der Waals surface area contributed by atoms with Gasteiger partial charge in [0.1, 0.15) is 12.2 Å². The molecule has 1 aromatic carbocycles. The highest BCUT2D eigenvalue weighted by Gasteiger charge is 2.22. The van der Waals surface area contributed by atoms with Crippen molar-refractivity contribution in [3.63, 3.8) is 0 Å². The molecule has 1 saturated carbocycles. The van der Waals surface area contributed by atoms with Crippen molar-refractivity contribution in [1.29, 1.82) is 0 Å². The van der Waals surface area contributed by atoms with Crippen molar-refractivity contribution in [2.24, 2.45) is 0 Å². The summed E-state index contributed by atoms with van der Waals surface area (Å²) >= 11 is 0. The molecule has 4 rings (SSSR count). The molecule has 1 N–H and O–H groups in total. The molecule has 3 aromatic rings. The molecular weight excluding hydrogens is 376 g/mol. The second kappa shape index (κ2) is 7.84. The van der Waals surface area contributed by atoms with Gasteiger partial charge >= 0.3 is 0 Å². The van der Waals surface area contributed by atoms with Crippen molar-refractivity contribution < 1.29 is 8.42 Å². The summed E-state index contributed by atoms with van der Waals surface area (Å²) in [5, 5.41) is 12.3. The van der Waals surface area contributed by atoms with Crippen LogP contribution in [0.4, 0.5) is 0 Å². The van der Waals surface area contributed by atoms with Gasteiger partial charge in [0.25, 0.3) is 0 Å². The summed E-state index contributed by atoms with van der Waals surface area (Å²) in [5.41, 5.74) is 1.37. The highest BCUT2D eigenvalue weighted by atomic mass is 32.2. The van der Waals surface area contributed by atoms with Crippen LogP contribution in [0.2, 0.25) is 0 Å². The number of hydrogen-bond donors (Lipinski definition) is 1. The minimum Gasteiger partial charge on any atom is -0.313 e. The van der Waals surface area contributed by atoms with Gasteiger partial charge in [-0.3, -0.25) is 0 Å². The van der Waals surface area contributed by atoms with Crippen LogP contribution in [0.1, 0.15) is 49.5 Å². The Hall–Kier alpha value is -2.52. The van der Waals surface area contributed by atoms with Gasteiger partial charge < -0.3 is 4.57 Å². The number of aromatic nitrogens is 5. The molecule has 2 heterocycles. The highest BCUT2D eigenvalue weighted by Crippen LogP contribution is 2.28. The SMILES string of the molecule is Cc1ccc(-n2cccn2)cc1S(=O)(=O)NCc1nncn1C1CCCCC1. The zero-order chi connectivity index (χ0) is 19.6. The van der Waals surface area contributed by atoms with Gasteiger partial charge in [-0.05, 0) is 43.5 Å². The zero-order valence-corrected chi connectivity index (χ0v) is 16.6. The molecule has 28 heavy (non-hydrogen) atoms. The molecule has 0 bridgehead atoms. The second-order valence-electron chi connectivity index (χ2n) is 7.17. The summed E-state index contributed by atoms with van der Waals surface area (Å²) < 4.78 is 32.3. The lowest BCUT2D eigenvalue weighted by atomic mass is 9.95. The van der Waals surface area contributed by atoms with Crippen LogP contribution in [0.15, 0.2) is 47.9 Å². The Morgan fingerprint density at radius 1 is 1.21 bits per heavy atom. The second-order valence-corrected chi connectivity index (χ2v) is 8.91. The van der Waals surface area contributed by atoms with E-state index in [1.165, 1.54) is 19.3 Å². The number of hydrogen-bond acceptors (Lipinski definition) is 5. The van der Waals surface area contributed by atoms with Crippen LogP contribution < -0.4 is 4.72 Å². The highest BCUT2D eigenvalue weighted by molar-refractivity contribution is 7.89. The number of benzene rings is 1. The maximum absolute atomic E-state index is 13.0. The van der Waals surface area contributed by atoms with E-state index in [0.29, 0.717) is 23.1 Å². The van der Waals surface area contributed by atoms with Crippen molar-refractivity contribution in [2.45, 2.75) is 56.5 Å². The molecular formula is C19H24N6O2S. The number of nitrogens with one attached hydrogen (secondary N) is 1. The largest absolute Gasteiger partial charge is 0.313 e. The Balaban J connectivity index is 1.54. The van der Waals surface area contributed by atoms with Crippen LogP contribution in [-0.4, -0.2) is 33.0 Å². The van der Waals surface area contributed by atoms with Gasteiger partial charge in [0.15, 0.2) is 0 Å². The summed E-state index contributed by atoms with van der Waals surface area (Å²) in [5.74, 6) is 0.649. The molecule has 0 spiro atoms. The van der Waals surface area contributed by atoms with E-state index in [1.807, 2.05) is 10.6 Å². The third-order valence-electron chi connectivity index (χ3n) is 5.27. The summed E-state index contributed by atoms with van der Waals surface area (Å²) in [7, 11) is -3.70. The smallest absolute Gasteiger partial charge is 0.241 e. The van der Waals surface area contributed by atoms with E-state index < -0.39 is 10.0 Å². The first kappa shape index (κ1) is 18.8. The lowest BCUT2D eigenvalue weighted by molar-refractivity contribution is 0.344. The number of aryl methyl sites for hydroxylation is 1. The normalized spacial score (nSPS) is 15.8. The molecule has 0 atom stereocenters. The van der Waals surface area contributed by atoms with Gasteiger partial charge in [-0.2, -0.15) is 5.10 Å². The van der Waals surface area contributed by atoms with E-state index in [0.717, 1.165) is 12.8 Å². The molecule has 1 aliphatic carbocycles. The monoisotopic (exact) mass is 400 g/mol. The fraction of sp³-hybridized carbons (Fsp3) is 0.421. The van der Waals surface area contributed by atoms with E-state index in [4.69, 9.17) is 0 Å². The molecule has 0 aliphatic heterocycles. The molecule has 8 nitrogen and oxygen atoms in total. The van der Waals surface area contributed by atoms with Gasteiger partial charge in [0.05, 0.1) is 17.1 Å². The predicted molar refractivity (Wildman–Crippen MR) is 104 cm³/mol. The lowest BCUT2D eigenvalue weighted by Crippen LogP contribution is -2.27. The number of nitrogens with zero attached hydrogens (tertiary/aromatic N) is 5. The first-order valence-corrected chi connectivity index (χ1v) is 11.0. The van der Waals surface area contributed by atoms with Crippen LogP contribution in [0.25, 0.3) is 5.69 Å². The van der Waals surface area contributed by atoms with Gasteiger partial charge in [-0.25, -0.2) is 17.8 Å². The molecule has 148 valence electrons. The maximum Gasteiger partial charge on any atom is 0.241 e. The Morgan fingerprint density at radius 2 is 2.04 bits per heavy atom. The molecule has 0 amide bonds. The summed E-state index contributed by atoms with van der Waals surface area (Å²) in [6.45, 7) is 1.90. The van der Waals surface area contributed by atoms with Gasteiger partial charge in [0.2, 0.25) is 10.0 Å². The maximum atomic E-state index is 13.0. The van der Waals surface area contributed by atoms with E-state index in [9.17, 15) is 8.42 Å². The van der Waals surface area contributed by atoms with E-state index in [2.05, 4.69) is 20.0 Å². The van der Waals surface area contributed by atoms with Crippen molar-refractivity contribution in [3.8, 4) is 5.69 Å². The number of sulfonamides is 1. The molecule has 0 radical (unpaired) electrons.